The molecule has 0 saturated carbocycles. The van der Waals surface area contributed by atoms with Crippen molar-refractivity contribution in [2.45, 2.75) is 25.4 Å². The third-order valence-corrected chi connectivity index (χ3v) is 4.36. The van der Waals surface area contributed by atoms with Crippen molar-refractivity contribution in [1.29, 1.82) is 0 Å². The Morgan fingerprint density at radius 3 is 3.04 bits per heavy atom. The number of nitrogens with one attached hydrogen (secondary N) is 1. The molecule has 3 rings (SSSR count). The third-order valence-electron chi connectivity index (χ3n) is 4.08. The largest absolute Gasteiger partial charge is 0.347 e. The highest BCUT2D eigenvalue weighted by molar-refractivity contribution is 6.33. The fourth-order valence-corrected chi connectivity index (χ4v) is 3.24. The summed E-state index contributed by atoms with van der Waals surface area (Å²) in [5.41, 5.74) is 1.60. The van der Waals surface area contributed by atoms with Crippen molar-refractivity contribution >= 4 is 17.5 Å². The summed E-state index contributed by atoms with van der Waals surface area (Å²) >= 11 is 6.03. The standard InChI is InChI=1S/C16H20ClN5O/c1-21-15(14(17)9-19-21)16(23)20-13-5-3-7-22(11-13)10-12-4-2-6-18-8-12/h2,4,6,8-9,13H,3,5,7,10-11H2,1H3,(H,20,23). The maximum atomic E-state index is 12.4. The SMILES string of the molecule is Cn1ncc(Cl)c1C(=O)NC1CCCN(Cc2cccnc2)C1. The summed E-state index contributed by atoms with van der Waals surface area (Å²) < 4.78 is 1.51. The Morgan fingerprint density at radius 1 is 1.48 bits per heavy atom. The third kappa shape index (κ3) is 3.89. The smallest absolute Gasteiger partial charge is 0.271 e. The van der Waals surface area contributed by atoms with Gasteiger partial charge in [-0.2, -0.15) is 5.10 Å². The van der Waals surface area contributed by atoms with Crippen molar-refractivity contribution in [2.24, 2.45) is 7.05 Å². The molecular formula is C16H20ClN5O. The van der Waals surface area contributed by atoms with Crippen LogP contribution in [0.4, 0.5) is 0 Å². The molecule has 1 N–H and O–H groups in total. The second-order valence-electron chi connectivity index (χ2n) is 5.87. The summed E-state index contributed by atoms with van der Waals surface area (Å²) in [7, 11) is 1.72. The maximum absolute atomic E-state index is 12.4. The van der Waals surface area contributed by atoms with Gasteiger partial charge in [0.2, 0.25) is 0 Å². The van der Waals surface area contributed by atoms with Crippen LogP contribution in [0.1, 0.15) is 28.9 Å². The van der Waals surface area contributed by atoms with E-state index in [0.717, 1.165) is 32.5 Å². The van der Waals surface area contributed by atoms with Gasteiger partial charge in [-0.15, -0.1) is 0 Å². The Kier molecular flexibility index (Phi) is 4.93. The Balaban J connectivity index is 1.59. The monoisotopic (exact) mass is 333 g/mol. The minimum Gasteiger partial charge on any atom is -0.347 e. The minimum absolute atomic E-state index is 0.124. The van der Waals surface area contributed by atoms with E-state index in [9.17, 15) is 4.79 Å². The summed E-state index contributed by atoms with van der Waals surface area (Å²) in [5.74, 6) is -0.164. The zero-order chi connectivity index (χ0) is 16.2. The van der Waals surface area contributed by atoms with Gasteiger partial charge in [0.15, 0.2) is 0 Å². The molecule has 1 aliphatic rings. The van der Waals surface area contributed by atoms with Crippen LogP contribution in [0.5, 0.6) is 0 Å². The van der Waals surface area contributed by atoms with Gasteiger partial charge < -0.3 is 5.32 Å². The number of aryl methyl sites for hydroxylation is 1. The Hall–Kier alpha value is -1.92. The Labute approximate surface area is 140 Å². The molecule has 2 aromatic rings. The average molecular weight is 334 g/mol. The summed E-state index contributed by atoms with van der Waals surface area (Å²) in [4.78, 5) is 18.9. The van der Waals surface area contributed by atoms with Gasteiger partial charge in [-0.25, -0.2) is 0 Å². The highest BCUT2D eigenvalue weighted by Gasteiger charge is 2.24. The second-order valence-corrected chi connectivity index (χ2v) is 6.28. The number of rotatable bonds is 4. The van der Waals surface area contributed by atoms with Crippen LogP contribution in [0.3, 0.4) is 0 Å². The summed E-state index contributed by atoms with van der Waals surface area (Å²) in [6.07, 6.45) is 7.19. The number of amides is 1. The maximum Gasteiger partial charge on any atom is 0.271 e. The number of carbonyl (C=O) groups excluding carboxylic acids is 1. The van der Waals surface area contributed by atoms with Crippen molar-refractivity contribution < 1.29 is 4.79 Å². The number of likely N-dealkylation sites (tertiary alicyclic amines) is 1. The quantitative estimate of drug-likeness (QED) is 0.927. The number of hydrogen-bond donors (Lipinski definition) is 1. The lowest BCUT2D eigenvalue weighted by molar-refractivity contribution is 0.0891. The van der Waals surface area contributed by atoms with Gasteiger partial charge in [-0.05, 0) is 31.0 Å². The Bertz CT molecular complexity index is 653. The molecular weight excluding hydrogens is 314 g/mol. The first-order chi connectivity index (χ1) is 11.1. The van der Waals surface area contributed by atoms with Crippen LogP contribution in [-0.2, 0) is 13.6 Å². The first-order valence-electron chi connectivity index (χ1n) is 7.73. The van der Waals surface area contributed by atoms with Gasteiger partial charge in [0.1, 0.15) is 5.69 Å². The van der Waals surface area contributed by atoms with Gasteiger partial charge in [0.05, 0.1) is 11.2 Å². The zero-order valence-electron chi connectivity index (χ0n) is 13.1. The van der Waals surface area contributed by atoms with Crippen molar-refractivity contribution in [2.75, 3.05) is 13.1 Å². The summed E-state index contributed by atoms with van der Waals surface area (Å²) in [6, 6.07) is 4.15. The van der Waals surface area contributed by atoms with Crippen molar-refractivity contribution in [3.63, 3.8) is 0 Å². The molecule has 0 radical (unpaired) electrons. The molecule has 3 heterocycles. The summed E-state index contributed by atoms with van der Waals surface area (Å²) in [6.45, 7) is 2.72. The van der Waals surface area contributed by atoms with Gasteiger partial charge in [0.25, 0.3) is 5.91 Å². The van der Waals surface area contributed by atoms with E-state index in [4.69, 9.17) is 11.6 Å². The van der Waals surface area contributed by atoms with Crippen LogP contribution in [-0.4, -0.2) is 44.7 Å². The lowest BCUT2D eigenvalue weighted by Crippen LogP contribution is -2.47. The Morgan fingerprint density at radius 2 is 2.35 bits per heavy atom. The molecule has 0 aromatic carbocycles. The highest BCUT2D eigenvalue weighted by Crippen LogP contribution is 2.17. The molecule has 2 aromatic heterocycles. The summed E-state index contributed by atoms with van der Waals surface area (Å²) in [5, 5.41) is 7.47. The molecule has 1 aliphatic heterocycles. The second kappa shape index (κ2) is 7.10. The predicted molar refractivity (Wildman–Crippen MR) is 88.2 cm³/mol. The van der Waals surface area contributed by atoms with Crippen LogP contribution in [0.2, 0.25) is 5.02 Å². The molecule has 6 nitrogen and oxygen atoms in total. The topological polar surface area (TPSA) is 63.1 Å². The molecule has 1 unspecified atom stereocenters. The molecule has 1 atom stereocenters. The van der Waals surface area contributed by atoms with Crippen LogP contribution in [0.15, 0.2) is 30.7 Å². The van der Waals surface area contributed by atoms with Crippen LogP contribution in [0.25, 0.3) is 0 Å². The van der Waals surface area contributed by atoms with Crippen LogP contribution >= 0.6 is 11.6 Å². The lowest BCUT2D eigenvalue weighted by Gasteiger charge is -2.33. The number of pyridine rings is 1. The zero-order valence-corrected chi connectivity index (χ0v) is 13.8. The van der Waals surface area contributed by atoms with E-state index in [1.807, 2.05) is 12.3 Å². The molecule has 1 saturated heterocycles. The van der Waals surface area contributed by atoms with Gasteiger partial charge in [-0.3, -0.25) is 19.4 Å². The van der Waals surface area contributed by atoms with Crippen molar-refractivity contribution in [1.82, 2.24) is 25.0 Å². The fourth-order valence-electron chi connectivity index (χ4n) is 2.99. The van der Waals surface area contributed by atoms with Crippen molar-refractivity contribution in [3.8, 4) is 0 Å². The molecule has 0 aliphatic carbocycles. The number of carbonyl (C=O) groups is 1. The molecule has 23 heavy (non-hydrogen) atoms. The predicted octanol–water partition coefficient (Wildman–Crippen LogP) is 1.86. The molecule has 7 heteroatoms. The molecule has 122 valence electrons. The van der Waals surface area contributed by atoms with E-state index < -0.39 is 0 Å². The van der Waals surface area contributed by atoms with Gasteiger partial charge >= 0.3 is 0 Å². The van der Waals surface area contributed by atoms with E-state index >= 15 is 0 Å². The molecule has 0 spiro atoms. The number of halogens is 1. The van der Waals surface area contributed by atoms with E-state index in [-0.39, 0.29) is 11.9 Å². The van der Waals surface area contributed by atoms with Crippen LogP contribution < -0.4 is 5.32 Å². The number of aromatic nitrogens is 3. The number of hydrogen-bond acceptors (Lipinski definition) is 4. The van der Waals surface area contributed by atoms with E-state index in [2.05, 4.69) is 26.4 Å². The minimum atomic E-state index is -0.164. The number of piperidine rings is 1. The first kappa shape index (κ1) is 16.0. The molecule has 0 bridgehead atoms. The normalized spacial score (nSPS) is 18.8. The molecule has 1 amide bonds. The fraction of sp³-hybridized carbons (Fsp3) is 0.438. The average Bonchev–Trinajstić information content (AvgIpc) is 2.87. The van der Waals surface area contributed by atoms with Crippen LogP contribution in [0, 0.1) is 0 Å². The van der Waals surface area contributed by atoms with Gasteiger partial charge in [-0.1, -0.05) is 17.7 Å². The van der Waals surface area contributed by atoms with Gasteiger partial charge in [0, 0.05) is 38.6 Å². The van der Waals surface area contributed by atoms with E-state index in [0.29, 0.717) is 10.7 Å². The number of nitrogens with zero attached hydrogens (tertiary/aromatic N) is 4. The van der Waals surface area contributed by atoms with E-state index in [1.54, 1.807) is 13.2 Å². The lowest BCUT2D eigenvalue weighted by atomic mass is 10.0. The van der Waals surface area contributed by atoms with E-state index in [1.165, 1.54) is 16.4 Å². The first-order valence-corrected chi connectivity index (χ1v) is 8.11. The van der Waals surface area contributed by atoms with Crippen molar-refractivity contribution in [3.05, 3.63) is 47.0 Å². The highest BCUT2D eigenvalue weighted by atomic mass is 35.5. The molecule has 1 fully saturated rings.